The molecule has 0 aromatic heterocycles. The number of esters is 5. The van der Waals surface area contributed by atoms with Gasteiger partial charge in [-0.25, -0.2) is 0 Å². The van der Waals surface area contributed by atoms with Gasteiger partial charge in [0.05, 0.1) is 97.3 Å². The molecule has 141 heavy (non-hydrogen) atoms. The minimum atomic E-state index is -0.941. The Kier molecular flexibility index (Phi) is 35.8. The van der Waals surface area contributed by atoms with Crippen LogP contribution in [0.1, 0.15) is 504 Å². The predicted octanol–water partition coefficient (Wildman–Crippen LogP) is 22.5. The van der Waals surface area contributed by atoms with Gasteiger partial charge >= 0.3 is 29.8 Å². The molecule has 0 aromatic carbocycles. The number of carbonyl (C=O) groups excluding carboxylic acids is 5. The third-order valence-electron chi connectivity index (χ3n) is 45.1. The van der Waals surface area contributed by atoms with Gasteiger partial charge in [0.1, 0.15) is 35.6 Å². The second-order valence-corrected chi connectivity index (χ2v) is 52.3. The van der Waals surface area contributed by atoms with E-state index in [1.165, 1.54) is 0 Å². The quantitative estimate of drug-likeness (QED) is 0.0205. The highest BCUT2D eigenvalue weighted by atomic mass is 16.6. The summed E-state index contributed by atoms with van der Waals surface area (Å²) in [6, 6.07) is 0. The van der Waals surface area contributed by atoms with Crippen molar-refractivity contribution < 1.29 is 109 Å². The number of ether oxygens (including phenoxy) is 6. The summed E-state index contributed by atoms with van der Waals surface area (Å²) in [4.78, 5) is 63.2. The van der Waals surface area contributed by atoms with Crippen LogP contribution in [0, 0.1) is 110 Å². The maximum atomic E-state index is 13.3. The van der Waals surface area contributed by atoms with Crippen LogP contribution in [-0.4, -0.2) is 189 Å². The number of rotatable bonds is 36. The molecule has 0 aromatic rings. The van der Waals surface area contributed by atoms with Crippen molar-refractivity contribution >= 4 is 29.8 Å². The Morgan fingerprint density at radius 3 is 0.929 bits per heavy atom. The van der Waals surface area contributed by atoms with Crippen molar-refractivity contribution in [2.24, 2.45) is 110 Å². The highest BCUT2D eigenvalue weighted by Crippen LogP contribution is 2.81. The third-order valence-corrected chi connectivity index (χ3v) is 45.1. The summed E-state index contributed by atoms with van der Waals surface area (Å²) in [5, 5.41) is 128. The number of fused-ring (bicyclic) bond motifs is 4. The minimum Gasteiger partial charge on any atom is -0.462 e. The van der Waals surface area contributed by atoms with Crippen LogP contribution in [0.5, 0.6) is 0 Å². The Labute approximate surface area is 851 Å². The lowest BCUT2D eigenvalue weighted by Crippen LogP contribution is -2.77. The number of hydrogen-bond donors (Lipinski definition) is 11. The molecular weight excluding hydrogens is 1780 g/mol. The molecule has 812 valence electrons. The fourth-order valence-corrected chi connectivity index (χ4v) is 36.3. The fraction of sp³-hybridized carbons (Fsp3) is 0.958. The van der Waals surface area contributed by atoms with Gasteiger partial charge in [0, 0.05) is 51.2 Å². The summed E-state index contributed by atoms with van der Waals surface area (Å²) < 4.78 is 36.8. The van der Waals surface area contributed by atoms with Gasteiger partial charge in [-0.3, -0.25) is 24.0 Å². The van der Waals surface area contributed by atoms with E-state index in [4.69, 9.17) is 28.4 Å². The van der Waals surface area contributed by atoms with Gasteiger partial charge in [-0.15, -0.1) is 0 Å². The van der Waals surface area contributed by atoms with Crippen molar-refractivity contribution in [2.45, 2.75) is 608 Å². The monoisotopic (exact) mass is 1990 g/mol. The number of carbonyl (C=O) groups is 5. The maximum Gasteiger partial charge on any atom is 0.309 e. The maximum absolute atomic E-state index is 13.3. The van der Waals surface area contributed by atoms with Crippen LogP contribution in [0.3, 0.4) is 0 Å². The first kappa shape index (κ1) is 115. The van der Waals surface area contributed by atoms with Crippen molar-refractivity contribution in [3.8, 4) is 0 Å². The van der Waals surface area contributed by atoms with Crippen molar-refractivity contribution in [1.29, 1.82) is 0 Å². The molecule has 19 atom stereocenters. The molecule has 2 aliphatic heterocycles. The molecule has 2 saturated heterocycles. The van der Waals surface area contributed by atoms with Crippen molar-refractivity contribution in [1.82, 2.24) is 0 Å². The standard InChI is InChI=1S/C30H54O5.C25H44O4.C22H36O4.C21H34O5.C21H36O4/c1-9-22(8)23(31)35-27-19-24(28(32,10-2)11-3)16-25(20-27,29(33,12-4)13-5)18-26(17-24,21-27)30(34,14-6)15-7;1-7-18(6)20(26)29-23-14-19-12-21(16-23,24(27,8-2)9-3)15-22(13-19,17-23)25(28,10-4)11-5;1-3-14(2)20(23)26-17-13-15-12-16(17)19(22(25)10-6-7-11-22)18(15)21(24)8-4-5-9-21;1-3-13(2)19(22)26-15-12-14-16(20(23)8-4-5-9-20)17(18(15)25-14)21(24)10-6-7-11-21;1-3-15(2)19(22)25-18-13-16(20(23)8-4-5-9-20)12-17(14-18)21(24)10-6-7-11-21/h22,32-34H,9-21H2,1-8H3;18-19,27-28H,7-17H2,1-6H3;14-19,24-25H,3-13H2,1-2H3;13-18,23-24H,3-12H2,1-2H3;15-18,23-24H,3-14H2,1-2H3. The molecule has 0 radical (unpaired) electrons. The molecule has 22 nitrogen and oxygen atoms in total. The second kappa shape index (κ2) is 43.9. The zero-order valence-electron chi connectivity index (χ0n) is 92.2. The average Bonchev–Trinajstić information content (AvgIpc) is 1.27. The van der Waals surface area contributed by atoms with E-state index >= 15 is 0 Å². The molecule has 19 aliphatic rings. The van der Waals surface area contributed by atoms with Gasteiger partial charge in [-0.05, 0) is 318 Å². The molecule has 11 N–H and O–H groups in total. The molecule has 19 fully saturated rings. The zero-order chi connectivity index (χ0) is 103. The molecular formula is C119H204O22. The highest BCUT2D eigenvalue weighted by Gasteiger charge is 2.80. The van der Waals surface area contributed by atoms with Crippen LogP contribution < -0.4 is 0 Å². The van der Waals surface area contributed by atoms with E-state index in [2.05, 4.69) is 69.2 Å². The first-order valence-electron chi connectivity index (χ1n) is 59.0. The van der Waals surface area contributed by atoms with Crippen LogP contribution in [0.4, 0.5) is 0 Å². The molecule has 22 heteroatoms. The van der Waals surface area contributed by atoms with E-state index in [0.29, 0.717) is 108 Å². The Morgan fingerprint density at radius 2 is 0.582 bits per heavy atom. The summed E-state index contributed by atoms with van der Waals surface area (Å²) in [5.74, 6) is 0.242. The van der Waals surface area contributed by atoms with Gasteiger partial charge in [-0.2, -0.15) is 0 Å². The zero-order valence-corrected chi connectivity index (χ0v) is 92.2. The molecule has 19 rings (SSSR count). The normalized spacial score (nSPS) is 38.2. The Balaban J connectivity index is 0.000000149. The molecule has 17 saturated carbocycles. The van der Waals surface area contributed by atoms with Crippen molar-refractivity contribution in [3.05, 3.63) is 0 Å². The van der Waals surface area contributed by atoms with Gasteiger partial charge in [0.25, 0.3) is 0 Å². The molecule has 0 spiro atoms. The summed E-state index contributed by atoms with van der Waals surface area (Å²) in [6.45, 7) is 40.3. The lowest BCUT2D eigenvalue weighted by atomic mass is 9.30. The topological polar surface area (TPSA) is 363 Å². The Morgan fingerprint density at radius 1 is 0.298 bits per heavy atom. The summed E-state index contributed by atoms with van der Waals surface area (Å²) in [5.41, 5.74) is -11.8. The fourth-order valence-electron chi connectivity index (χ4n) is 36.3. The highest BCUT2D eigenvalue weighted by molar-refractivity contribution is 5.74. The van der Waals surface area contributed by atoms with E-state index in [-0.39, 0.29) is 142 Å². The van der Waals surface area contributed by atoms with E-state index in [9.17, 15) is 80.1 Å². The van der Waals surface area contributed by atoms with Crippen LogP contribution in [0.25, 0.3) is 0 Å². The minimum absolute atomic E-state index is 0.0309. The lowest BCUT2D eigenvalue weighted by molar-refractivity contribution is -0.345. The average molecular weight is 1990 g/mol. The largest absolute Gasteiger partial charge is 0.462 e. The van der Waals surface area contributed by atoms with Crippen LogP contribution in [0.2, 0.25) is 0 Å². The summed E-state index contributed by atoms with van der Waals surface area (Å²) in [6.07, 6.45) is 46.5. The van der Waals surface area contributed by atoms with Crippen molar-refractivity contribution in [3.63, 3.8) is 0 Å². The van der Waals surface area contributed by atoms with Gasteiger partial charge in [0.2, 0.25) is 0 Å². The van der Waals surface area contributed by atoms with E-state index in [0.717, 1.165) is 270 Å². The summed E-state index contributed by atoms with van der Waals surface area (Å²) in [7, 11) is 0. The Hall–Kier alpha value is -3.13. The van der Waals surface area contributed by atoms with E-state index in [1.807, 2.05) is 69.2 Å². The van der Waals surface area contributed by atoms with Crippen LogP contribution in [-0.2, 0) is 52.4 Å². The smallest absolute Gasteiger partial charge is 0.309 e. The van der Waals surface area contributed by atoms with Gasteiger partial charge < -0.3 is 84.6 Å². The summed E-state index contributed by atoms with van der Waals surface area (Å²) >= 11 is 0. The third kappa shape index (κ3) is 21.2. The Bertz CT molecular complexity index is 3860. The first-order chi connectivity index (χ1) is 66.4. The molecule has 17 aliphatic carbocycles. The lowest BCUT2D eigenvalue weighted by Gasteiger charge is -2.77. The molecule has 19 unspecified atom stereocenters. The van der Waals surface area contributed by atoms with Crippen LogP contribution >= 0.6 is 0 Å². The van der Waals surface area contributed by atoms with Crippen molar-refractivity contribution in [2.75, 3.05) is 0 Å². The molecule has 12 bridgehead atoms. The molecule has 0 amide bonds. The van der Waals surface area contributed by atoms with E-state index < -0.39 is 89.1 Å². The first-order valence-corrected chi connectivity index (χ1v) is 59.0. The predicted molar refractivity (Wildman–Crippen MR) is 548 cm³/mol. The van der Waals surface area contributed by atoms with Crippen LogP contribution in [0.15, 0.2) is 0 Å². The second-order valence-electron chi connectivity index (χ2n) is 52.3. The SMILES string of the molecule is CCC(C)C(=O)OC12CC3(C(O)(CC)CC)CC(C(O)(CC)CC)(C1)CC(C(O)(CC)CC)(C2)C3.CCC(C)C(=O)OC12CC3CC(C(O)(CC)CC)(C1)CC(C(O)(CC)CC)(C3)C2.CCC(C)C(=O)OC1CC(C2(O)CCCC2)CC(C2(O)CCCC2)C1.CCC(C)C(=O)OC1CC2CC1C(C1(O)CCCC1)C2C1(O)CCCC1.CCC(C)C(=O)OC1CC2OC1C(C1(O)CCCC1)C2C1(O)CCCC1. The number of aliphatic hydroxyl groups is 11. The molecule has 2 heterocycles. The van der Waals surface area contributed by atoms with Gasteiger partial charge in [0.15, 0.2) is 0 Å². The number of hydrogen-bond acceptors (Lipinski definition) is 22. The van der Waals surface area contributed by atoms with Gasteiger partial charge in [-0.1, -0.05) is 216 Å². The van der Waals surface area contributed by atoms with E-state index in [1.54, 1.807) is 0 Å².